The average Bonchev–Trinajstić information content (AvgIpc) is 2.53. The topological polar surface area (TPSA) is 58.0 Å². The third-order valence-electron chi connectivity index (χ3n) is 4.51. The smallest absolute Gasteiger partial charge is 0.133 e. The number of rotatable bonds is 4. The van der Waals surface area contributed by atoms with Crippen LogP contribution in [0.25, 0.3) is 0 Å². The van der Waals surface area contributed by atoms with Crippen molar-refractivity contribution in [2.24, 2.45) is 0 Å². The molecule has 0 aliphatic heterocycles. The molecule has 3 rings (SSSR count). The highest BCUT2D eigenvalue weighted by molar-refractivity contribution is 5.40. The van der Waals surface area contributed by atoms with E-state index in [4.69, 9.17) is 0 Å². The Kier molecular flexibility index (Phi) is 4.35. The highest BCUT2D eigenvalue weighted by Gasteiger charge is 2.34. The van der Waals surface area contributed by atoms with Crippen molar-refractivity contribution in [3.8, 4) is 0 Å². The van der Waals surface area contributed by atoms with Crippen molar-refractivity contribution in [2.45, 2.75) is 51.6 Å². The SMILES string of the molecule is Cc1cc(NCC2(O)CCCc3ccccc32)nc(C(C)C)n1. The first-order valence-electron chi connectivity index (χ1n) is 8.38. The zero-order chi connectivity index (χ0) is 16.4. The van der Waals surface area contributed by atoms with Crippen LogP contribution >= 0.6 is 0 Å². The zero-order valence-corrected chi connectivity index (χ0v) is 14.1. The minimum Gasteiger partial charge on any atom is -0.383 e. The minimum atomic E-state index is -0.828. The fourth-order valence-electron chi connectivity index (χ4n) is 3.26. The standard InChI is InChI=1S/C19H25N3O/c1-13(2)18-21-14(3)11-17(22-18)20-12-19(23)10-6-8-15-7-4-5-9-16(15)19/h4-5,7,9,11,13,23H,6,8,10,12H2,1-3H3,(H,20,21,22). The van der Waals surface area contributed by atoms with E-state index in [0.717, 1.165) is 42.2 Å². The first kappa shape index (κ1) is 15.9. The van der Waals surface area contributed by atoms with Gasteiger partial charge in [0.2, 0.25) is 0 Å². The van der Waals surface area contributed by atoms with Gasteiger partial charge in [-0.3, -0.25) is 0 Å². The highest BCUT2D eigenvalue weighted by atomic mass is 16.3. The summed E-state index contributed by atoms with van der Waals surface area (Å²) in [7, 11) is 0. The maximum atomic E-state index is 11.1. The second kappa shape index (κ2) is 6.28. The van der Waals surface area contributed by atoms with Crippen LogP contribution < -0.4 is 5.32 Å². The van der Waals surface area contributed by atoms with Crippen molar-refractivity contribution in [2.75, 3.05) is 11.9 Å². The number of hydrogen-bond acceptors (Lipinski definition) is 4. The first-order valence-corrected chi connectivity index (χ1v) is 8.38. The molecule has 122 valence electrons. The van der Waals surface area contributed by atoms with Gasteiger partial charge in [-0.25, -0.2) is 9.97 Å². The Labute approximate surface area is 138 Å². The van der Waals surface area contributed by atoms with Crippen LogP contribution in [-0.4, -0.2) is 21.6 Å². The fraction of sp³-hybridized carbons (Fsp3) is 0.474. The lowest BCUT2D eigenvalue weighted by Crippen LogP contribution is -2.37. The monoisotopic (exact) mass is 311 g/mol. The molecule has 0 radical (unpaired) electrons. The van der Waals surface area contributed by atoms with Crippen LogP contribution in [0.2, 0.25) is 0 Å². The molecule has 0 amide bonds. The number of nitrogens with one attached hydrogen (secondary N) is 1. The molecule has 0 saturated heterocycles. The molecule has 1 unspecified atom stereocenters. The van der Waals surface area contributed by atoms with Crippen molar-refractivity contribution in [3.63, 3.8) is 0 Å². The number of anilines is 1. The first-order chi connectivity index (χ1) is 11.0. The summed E-state index contributed by atoms with van der Waals surface area (Å²) in [4.78, 5) is 9.04. The van der Waals surface area contributed by atoms with E-state index >= 15 is 0 Å². The number of benzene rings is 1. The lowest BCUT2D eigenvalue weighted by Gasteiger charge is -2.34. The normalized spacial score (nSPS) is 20.4. The average molecular weight is 311 g/mol. The lowest BCUT2D eigenvalue weighted by molar-refractivity contribution is 0.0322. The zero-order valence-electron chi connectivity index (χ0n) is 14.1. The maximum absolute atomic E-state index is 11.1. The van der Waals surface area contributed by atoms with Crippen molar-refractivity contribution in [3.05, 3.63) is 53.0 Å². The fourth-order valence-corrected chi connectivity index (χ4v) is 3.26. The maximum Gasteiger partial charge on any atom is 0.133 e. The molecule has 4 heteroatoms. The summed E-state index contributed by atoms with van der Waals surface area (Å²) in [6.45, 7) is 6.62. The molecule has 1 aromatic carbocycles. The van der Waals surface area contributed by atoms with Crippen LogP contribution in [0.15, 0.2) is 30.3 Å². The Balaban J connectivity index is 1.81. The Morgan fingerprint density at radius 1 is 1.26 bits per heavy atom. The summed E-state index contributed by atoms with van der Waals surface area (Å²) in [5.41, 5.74) is 2.42. The van der Waals surface area contributed by atoms with Gasteiger partial charge in [0, 0.05) is 24.2 Å². The molecular formula is C19H25N3O. The van der Waals surface area contributed by atoms with E-state index in [2.05, 4.69) is 35.2 Å². The second-order valence-corrected chi connectivity index (χ2v) is 6.80. The molecule has 2 N–H and O–H groups in total. The van der Waals surface area contributed by atoms with Gasteiger partial charge in [0.1, 0.15) is 17.2 Å². The van der Waals surface area contributed by atoms with Gasteiger partial charge in [0.15, 0.2) is 0 Å². The summed E-state index contributed by atoms with van der Waals surface area (Å²) in [5.74, 6) is 1.91. The van der Waals surface area contributed by atoms with Gasteiger partial charge in [-0.2, -0.15) is 0 Å². The number of fused-ring (bicyclic) bond motifs is 1. The number of hydrogen-bond donors (Lipinski definition) is 2. The third kappa shape index (κ3) is 3.37. The molecule has 0 saturated carbocycles. The van der Waals surface area contributed by atoms with Gasteiger partial charge in [-0.1, -0.05) is 38.1 Å². The summed E-state index contributed by atoms with van der Waals surface area (Å²) < 4.78 is 0. The number of aromatic nitrogens is 2. The molecule has 23 heavy (non-hydrogen) atoms. The van der Waals surface area contributed by atoms with Crippen LogP contribution in [0.4, 0.5) is 5.82 Å². The van der Waals surface area contributed by atoms with E-state index in [1.54, 1.807) is 0 Å². The van der Waals surface area contributed by atoms with Crippen LogP contribution in [0, 0.1) is 6.92 Å². The summed E-state index contributed by atoms with van der Waals surface area (Å²) >= 11 is 0. The predicted molar refractivity (Wildman–Crippen MR) is 92.6 cm³/mol. The molecule has 0 spiro atoms. The van der Waals surface area contributed by atoms with Crippen molar-refractivity contribution < 1.29 is 5.11 Å². The molecule has 2 aromatic rings. The van der Waals surface area contributed by atoms with Crippen LogP contribution in [0.5, 0.6) is 0 Å². The quantitative estimate of drug-likeness (QED) is 0.906. The van der Waals surface area contributed by atoms with Crippen molar-refractivity contribution in [1.29, 1.82) is 0 Å². The van der Waals surface area contributed by atoms with E-state index in [9.17, 15) is 5.11 Å². The Morgan fingerprint density at radius 2 is 2.04 bits per heavy atom. The van der Waals surface area contributed by atoms with Gasteiger partial charge in [0.25, 0.3) is 0 Å². The van der Waals surface area contributed by atoms with Crippen LogP contribution in [0.3, 0.4) is 0 Å². The molecule has 1 atom stereocenters. The van der Waals surface area contributed by atoms with Gasteiger partial charge in [-0.15, -0.1) is 0 Å². The van der Waals surface area contributed by atoms with Gasteiger partial charge in [-0.05, 0) is 37.3 Å². The number of aryl methyl sites for hydroxylation is 2. The van der Waals surface area contributed by atoms with Gasteiger partial charge < -0.3 is 10.4 Å². The van der Waals surface area contributed by atoms with Crippen LogP contribution in [-0.2, 0) is 12.0 Å². The van der Waals surface area contributed by atoms with E-state index < -0.39 is 5.60 Å². The van der Waals surface area contributed by atoms with E-state index in [-0.39, 0.29) is 5.92 Å². The Bertz CT molecular complexity index is 699. The summed E-state index contributed by atoms with van der Waals surface area (Å²) in [6, 6.07) is 10.1. The predicted octanol–water partition coefficient (Wildman–Crippen LogP) is 3.54. The summed E-state index contributed by atoms with van der Waals surface area (Å²) in [6.07, 6.45) is 2.83. The minimum absolute atomic E-state index is 0.286. The number of nitrogens with zero attached hydrogens (tertiary/aromatic N) is 2. The van der Waals surface area contributed by atoms with E-state index in [1.165, 1.54) is 5.56 Å². The van der Waals surface area contributed by atoms with Crippen molar-refractivity contribution >= 4 is 5.82 Å². The van der Waals surface area contributed by atoms with Gasteiger partial charge >= 0.3 is 0 Å². The highest BCUT2D eigenvalue weighted by Crippen LogP contribution is 2.35. The molecular weight excluding hydrogens is 286 g/mol. The lowest BCUT2D eigenvalue weighted by atomic mass is 9.79. The van der Waals surface area contributed by atoms with Crippen molar-refractivity contribution in [1.82, 2.24) is 9.97 Å². The Morgan fingerprint density at radius 3 is 2.83 bits per heavy atom. The van der Waals surface area contributed by atoms with E-state index in [1.807, 2.05) is 31.2 Å². The molecule has 1 aliphatic carbocycles. The third-order valence-corrected chi connectivity index (χ3v) is 4.51. The number of aliphatic hydroxyl groups is 1. The molecule has 0 fully saturated rings. The second-order valence-electron chi connectivity index (χ2n) is 6.80. The molecule has 1 aliphatic rings. The molecule has 0 bridgehead atoms. The molecule has 1 aromatic heterocycles. The van der Waals surface area contributed by atoms with Gasteiger partial charge in [0.05, 0.1) is 0 Å². The Hall–Kier alpha value is -1.94. The summed E-state index contributed by atoms with van der Waals surface area (Å²) in [5, 5.41) is 14.5. The van der Waals surface area contributed by atoms with E-state index in [0.29, 0.717) is 6.54 Å². The molecule has 4 nitrogen and oxygen atoms in total. The molecule has 1 heterocycles. The van der Waals surface area contributed by atoms with Crippen LogP contribution in [0.1, 0.15) is 55.3 Å². The largest absolute Gasteiger partial charge is 0.383 e.